The number of ether oxygens (including phenoxy) is 1. The predicted molar refractivity (Wildman–Crippen MR) is 99.9 cm³/mol. The monoisotopic (exact) mass is 405 g/mol. The van der Waals surface area contributed by atoms with E-state index < -0.39 is 17.7 Å². The average Bonchev–Trinajstić information content (AvgIpc) is 3.17. The van der Waals surface area contributed by atoms with E-state index in [1.165, 1.54) is 6.07 Å². The Labute approximate surface area is 164 Å². The zero-order valence-electron chi connectivity index (χ0n) is 15.1. The van der Waals surface area contributed by atoms with Crippen LogP contribution in [0.4, 0.5) is 8.78 Å². The molecular weight excluding hydrogens is 388 g/mol. The molecule has 1 N–H and O–H groups in total. The Hall–Kier alpha value is -2.94. The fraction of sp³-hybridized carbons (Fsp3) is 0.211. The molecule has 3 rings (SSSR count). The van der Waals surface area contributed by atoms with Crippen molar-refractivity contribution in [2.24, 2.45) is 0 Å². The van der Waals surface area contributed by atoms with Crippen LogP contribution in [-0.2, 0) is 4.79 Å². The van der Waals surface area contributed by atoms with Crippen LogP contribution in [0.25, 0.3) is 11.5 Å². The highest BCUT2D eigenvalue weighted by Crippen LogP contribution is 2.25. The van der Waals surface area contributed by atoms with Crippen LogP contribution in [0.1, 0.15) is 18.5 Å². The fourth-order valence-corrected chi connectivity index (χ4v) is 2.97. The van der Waals surface area contributed by atoms with Gasteiger partial charge in [-0.05, 0) is 48.9 Å². The van der Waals surface area contributed by atoms with Crippen LogP contribution in [0.2, 0.25) is 0 Å². The number of carbonyl (C=O) groups excluding carboxylic acids is 1. The first-order valence-electron chi connectivity index (χ1n) is 8.31. The van der Waals surface area contributed by atoms with Crippen molar-refractivity contribution in [3.8, 4) is 17.2 Å². The third-order valence-corrected chi connectivity index (χ3v) is 4.71. The summed E-state index contributed by atoms with van der Waals surface area (Å²) in [7, 11) is 1.58. The van der Waals surface area contributed by atoms with Gasteiger partial charge in [0.1, 0.15) is 5.75 Å². The standard InChI is InChI=1S/C19H17F2N3O3S/c1-11(13-5-8-15(20)16(21)9-13)22-17(25)10-28-19-24-23-18(27-19)12-3-6-14(26-2)7-4-12/h3-9,11H,10H2,1-2H3,(H,22,25). The Morgan fingerprint density at radius 2 is 1.93 bits per heavy atom. The molecule has 0 saturated heterocycles. The van der Waals surface area contributed by atoms with Crippen LogP contribution >= 0.6 is 11.8 Å². The summed E-state index contributed by atoms with van der Waals surface area (Å²) in [5, 5.41) is 10.8. The summed E-state index contributed by atoms with van der Waals surface area (Å²) in [6.07, 6.45) is 0. The average molecular weight is 405 g/mol. The molecule has 0 fully saturated rings. The van der Waals surface area contributed by atoms with Gasteiger partial charge in [-0.3, -0.25) is 4.79 Å². The summed E-state index contributed by atoms with van der Waals surface area (Å²) in [6, 6.07) is 10.2. The van der Waals surface area contributed by atoms with Crippen LogP contribution < -0.4 is 10.1 Å². The molecule has 3 aromatic rings. The smallest absolute Gasteiger partial charge is 0.277 e. The van der Waals surface area contributed by atoms with E-state index in [0.29, 0.717) is 17.2 Å². The maximum Gasteiger partial charge on any atom is 0.277 e. The molecular formula is C19H17F2N3O3S. The van der Waals surface area contributed by atoms with Gasteiger partial charge in [-0.1, -0.05) is 17.8 Å². The fourth-order valence-electron chi connectivity index (χ4n) is 2.39. The highest BCUT2D eigenvalue weighted by Gasteiger charge is 2.15. The summed E-state index contributed by atoms with van der Waals surface area (Å²) < 4.78 is 36.9. The highest BCUT2D eigenvalue weighted by atomic mass is 32.2. The van der Waals surface area contributed by atoms with Crippen molar-refractivity contribution in [3.05, 3.63) is 59.7 Å². The largest absolute Gasteiger partial charge is 0.497 e. The lowest BCUT2D eigenvalue weighted by atomic mass is 10.1. The van der Waals surface area contributed by atoms with Crippen molar-refractivity contribution in [2.75, 3.05) is 12.9 Å². The quantitative estimate of drug-likeness (QED) is 0.599. The van der Waals surface area contributed by atoms with Gasteiger partial charge < -0.3 is 14.5 Å². The van der Waals surface area contributed by atoms with Crippen molar-refractivity contribution in [1.29, 1.82) is 0 Å². The van der Waals surface area contributed by atoms with Crippen molar-refractivity contribution < 1.29 is 22.7 Å². The Balaban J connectivity index is 1.54. The second kappa shape index (κ2) is 8.83. The number of nitrogens with one attached hydrogen (secondary N) is 1. The van der Waals surface area contributed by atoms with Crippen molar-refractivity contribution in [3.63, 3.8) is 0 Å². The molecule has 1 unspecified atom stereocenters. The van der Waals surface area contributed by atoms with Crippen LogP contribution in [0.15, 0.2) is 52.1 Å². The lowest BCUT2D eigenvalue weighted by Crippen LogP contribution is -2.28. The van der Waals surface area contributed by atoms with Gasteiger partial charge >= 0.3 is 0 Å². The number of benzene rings is 2. The first-order valence-corrected chi connectivity index (χ1v) is 9.30. The van der Waals surface area contributed by atoms with Crippen molar-refractivity contribution in [1.82, 2.24) is 15.5 Å². The van der Waals surface area contributed by atoms with Gasteiger partial charge in [0.05, 0.1) is 18.9 Å². The normalized spacial score (nSPS) is 11.9. The molecule has 1 amide bonds. The zero-order chi connectivity index (χ0) is 20.1. The lowest BCUT2D eigenvalue weighted by molar-refractivity contribution is -0.119. The molecule has 0 aliphatic carbocycles. The van der Waals surface area contributed by atoms with E-state index in [4.69, 9.17) is 9.15 Å². The topological polar surface area (TPSA) is 77.2 Å². The van der Waals surface area contributed by atoms with E-state index in [1.54, 1.807) is 38.3 Å². The van der Waals surface area contributed by atoms with Gasteiger partial charge in [-0.2, -0.15) is 0 Å². The van der Waals surface area contributed by atoms with E-state index in [-0.39, 0.29) is 16.9 Å². The van der Waals surface area contributed by atoms with Crippen molar-refractivity contribution in [2.45, 2.75) is 18.2 Å². The summed E-state index contributed by atoms with van der Waals surface area (Å²) in [5.74, 6) is -1.10. The zero-order valence-corrected chi connectivity index (χ0v) is 15.9. The molecule has 9 heteroatoms. The van der Waals surface area contributed by atoms with Gasteiger partial charge in [0, 0.05) is 5.56 Å². The molecule has 0 spiro atoms. The van der Waals surface area contributed by atoms with E-state index in [1.807, 2.05) is 0 Å². The molecule has 0 bridgehead atoms. The van der Waals surface area contributed by atoms with Crippen LogP contribution in [-0.4, -0.2) is 29.0 Å². The Bertz CT molecular complexity index is 963. The summed E-state index contributed by atoms with van der Waals surface area (Å²) in [6.45, 7) is 1.68. The van der Waals surface area contributed by atoms with Gasteiger partial charge in [0.25, 0.3) is 5.22 Å². The van der Waals surface area contributed by atoms with Gasteiger partial charge in [-0.15, -0.1) is 10.2 Å². The minimum absolute atomic E-state index is 0.0399. The SMILES string of the molecule is COc1ccc(-c2nnc(SCC(=O)NC(C)c3ccc(F)c(F)c3)o2)cc1. The third-order valence-electron chi connectivity index (χ3n) is 3.89. The first kappa shape index (κ1) is 19.8. The minimum atomic E-state index is -0.954. The number of hydrogen-bond donors (Lipinski definition) is 1. The number of halogens is 2. The van der Waals surface area contributed by atoms with E-state index >= 15 is 0 Å². The Kier molecular flexibility index (Phi) is 6.25. The highest BCUT2D eigenvalue weighted by molar-refractivity contribution is 7.99. The Morgan fingerprint density at radius 3 is 2.61 bits per heavy atom. The number of rotatable bonds is 7. The van der Waals surface area contributed by atoms with Gasteiger partial charge in [-0.25, -0.2) is 8.78 Å². The maximum atomic E-state index is 13.3. The van der Waals surface area contributed by atoms with Crippen LogP contribution in [0.5, 0.6) is 5.75 Å². The number of methoxy groups -OCH3 is 1. The number of carbonyl (C=O) groups is 1. The second-order valence-electron chi connectivity index (χ2n) is 5.85. The molecule has 1 heterocycles. The molecule has 1 atom stereocenters. The van der Waals surface area contributed by atoms with E-state index in [9.17, 15) is 13.6 Å². The number of nitrogens with zero attached hydrogens (tertiary/aromatic N) is 2. The van der Waals surface area contributed by atoms with E-state index in [2.05, 4.69) is 15.5 Å². The number of hydrogen-bond acceptors (Lipinski definition) is 6. The third kappa shape index (κ3) is 4.86. The van der Waals surface area contributed by atoms with Crippen molar-refractivity contribution >= 4 is 17.7 Å². The van der Waals surface area contributed by atoms with E-state index in [0.717, 1.165) is 29.5 Å². The Morgan fingerprint density at radius 1 is 1.18 bits per heavy atom. The maximum absolute atomic E-state index is 13.3. The summed E-state index contributed by atoms with van der Waals surface area (Å²) in [4.78, 5) is 12.1. The lowest BCUT2D eigenvalue weighted by Gasteiger charge is -2.14. The first-order chi connectivity index (χ1) is 13.5. The van der Waals surface area contributed by atoms with Gasteiger partial charge in [0.15, 0.2) is 11.6 Å². The summed E-state index contributed by atoms with van der Waals surface area (Å²) >= 11 is 1.08. The number of amides is 1. The summed E-state index contributed by atoms with van der Waals surface area (Å²) in [5.41, 5.74) is 1.20. The molecule has 2 aromatic carbocycles. The number of aromatic nitrogens is 2. The molecule has 0 radical (unpaired) electrons. The molecule has 0 saturated carbocycles. The second-order valence-corrected chi connectivity index (χ2v) is 6.78. The molecule has 146 valence electrons. The molecule has 0 aliphatic heterocycles. The minimum Gasteiger partial charge on any atom is -0.497 e. The number of thioether (sulfide) groups is 1. The van der Waals surface area contributed by atoms with Gasteiger partial charge in [0.2, 0.25) is 11.8 Å². The van der Waals surface area contributed by atoms with Crippen LogP contribution in [0.3, 0.4) is 0 Å². The predicted octanol–water partition coefficient (Wildman–Crippen LogP) is 3.99. The molecule has 1 aromatic heterocycles. The van der Waals surface area contributed by atoms with Crippen LogP contribution in [0, 0.1) is 11.6 Å². The molecule has 0 aliphatic rings. The molecule has 6 nitrogen and oxygen atoms in total. The molecule has 28 heavy (non-hydrogen) atoms.